The first-order valence-electron chi connectivity index (χ1n) is 41.7. The molecule has 0 saturated heterocycles. The molecule has 643 valence electrons. The van der Waals surface area contributed by atoms with E-state index in [1.165, 1.54) is 0 Å². The molecule has 0 amide bonds. The molecule has 17 heteroatoms. The van der Waals surface area contributed by atoms with Crippen LogP contribution in [-0.4, -0.2) is 34.9 Å². The van der Waals surface area contributed by atoms with Crippen molar-refractivity contribution in [3.05, 3.63) is 256 Å². The molecule has 7 heterocycles. The molecule has 3 aliphatic heterocycles. The zero-order valence-electron chi connectivity index (χ0n) is 79.3. The van der Waals surface area contributed by atoms with Gasteiger partial charge in [-0.3, -0.25) is 34.3 Å². The van der Waals surface area contributed by atoms with Crippen LogP contribution in [0.2, 0.25) is 0 Å². The Hall–Kier alpha value is -9.13. The Morgan fingerprint density at radius 3 is 0.488 bits per heavy atom. The van der Waals surface area contributed by atoms with Crippen molar-refractivity contribution in [2.45, 2.75) is 314 Å². The van der Waals surface area contributed by atoms with Crippen LogP contribution in [0, 0.1) is 40.8 Å². The van der Waals surface area contributed by atoms with Crippen molar-refractivity contribution in [3.63, 3.8) is 0 Å². The van der Waals surface area contributed by atoms with E-state index in [0.717, 1.165) is 33.4 Å². The third kappa shape index (κ3) is 24.7. The van der Waals surface area contributed by atoms with Gasteiger partial charge in [-0.15, -0.1) is 0 Å². The smallest absolute Gasteiger partial charge is 0.871 e. The molecule has 7 aromatic rings. The van der Waals surface area contributed by atoms with Crippen LogP contribution in [0.4, 0.5) is 0 Å². The average molecular weight is 1770 g/mol. The molecule has 3 aromatic carbocycles. The molecule has 1 radical (unpaired) electrons. The third-order valence-electron chi connectivity index (χ3n) is 20.5. The Balaban J connectivity index is 0.000000244. The number of rotatable bonds is 0. The van der Waals surface area contributed by atoms with Crippen LogP contribution in [0.3, 0.4) is 0 Å². The second-order valence-electron chi connectivity index (χ2n) is 43.6. The SMILES string of the molecule is CC(C)(C)c1cc(C(C)(C)C)c(=O)c2nc3c([O-])c(C(C)(C)C)cc(C(C)(C)C)c3oc1-2.CC(C)(C)c1cc(C(C)(C)C)c(=O)c2nc3c([O-])c(C(C)(C)C)cc(C(C)(C)C)c3oc1-2.CC(C)(C)c1cc(C(C)(C)C)c(=O)c2nc3c([O-])c(C(C)(C)C)cc(C(C)(C)C)c3oc1-2.[Nd+3].c1ccncc1.c1ccncc1.c1ccncc1.c1ccncc1. The molecule has 3 aliphatic carbocycles. The topological polar surface area (TPSA) is 250 Å². The van der Waals surface area contributed by atoms with E-state index < -0.39 is 0 Å². The molecule has 0 N–H and O–H groups in total. The molecular formula is C104H134N7NdO9. The summed E-state index contributed by atoms with van der Waals surface area (Å²) in [7, 11) is 0. The normalized spacial score (nSPS) is 12.6. The van der Waals surface area contributed by atoms with Gasteiger partial charge in [0.15, 0.2) is 51.1 Å². The number of pyridine rings is 4. The van der Waals surface area contributed by atoms with E-state index in [-0.39, 0.29) is 173 Å². The number of hydrogen-bond acceptors (Lipinski definition) is 16. The van der Waals surface area contributed by atoms with Gasteiger partial charge in [-0.05, 0) is 148 Å². The largest absolute Gasteiger partial charge is 3.00 e. The van der Waals surface area contributed by atoms with Crippen LogP contribution < -0.4 is 31.6 Å². The van der Waals surface area contributed by atoms with Gasteiger partial charge in [0.25, 0.3) is 0 Å². The van der Waals surface area contributed by atoms with Gasteiger partial charge in [0, 0.05) is 99.6 Å². The van der Waals surface area contributed by atoms with E-state index in [4.69, 9.17) is 28.2 Å². The number of benzene rings is 6. The molecule has 13 rings (SSSR count). The molecule has 0 spiro atoms. The van der Waals surface area contributed by atoms with Crippen molar-refractivity contribution in [2.75, 3.05) is 0 Å². The number of aromatic nitrogens is 7. The molecule has 0 unspecified atom stereocenters. The zero-order chi connectivity index (χ0) is 90.8. The Kier molecular flexibility index (Phi) is 31.2. The van der Waals surface area contributed by atoms with Crippen LogP contribution in [0.15, 0.2) is 186 Å². The average Bonchev–Trinajstić information content (AvgIpc) is 0.732. The first-order chi connectivity index (χ1) is 54.7. The van der Waals surface area contributed by atoms with Crippen molar-refractivity contribution in [1.29, 1.82) is 0 Å². The molecule has 4 aromatic heterocycles. The quantitative estimate of drug-likeness (QED) is 0.128. The first kappa shape index (κ1) is 101. The standard InChI is InChI=1S/3C28H39NO3.4C5H5N.Nd/c3*1-25(2,3)15-13-17(27(7,8)9)23-19(21(15)30)29-20-22(31)16(26(4,5)6)14-18(24(20)32-23)28(10,11)12;4*1-2-4-6-5-3-1;/h3*13-14,30H,1-12H3;4*1-5H;/q;;;;;;;+3/p-3. The van der Waals surface area contributed by atoms with Gasteiger partial charge in [-0.1, -0.05) is 309 Å². The van der Waals surface area contributed by atoms with Gasteiger partial charge in [0.05, 0.1) is 16.6 Å². The van der Waals surface area contributed by atoms with Crippen molar-refractivity contribution < 1.29 is 69.4 Å². The molecular weight excluding hydrogens is 1640 g/mol. The van der Waals surface area contributed by atoms with E-state index >= 15 is 0 Å². The van der Waals surface area contributed by atoms with E-state index in [0.29, 0.717) is 67.4 Å². The van der Waals surface area contributed by atoms with Crippen molar-refractivity contribution in [1.82, 2.24) is 34.9 Å². The zero-order valence-corrected chi connectivity index (χ0v) is 82.5. The van der Waals surface area contributed by atoms with Crippen molar-refractivity contribution in [3.8, 4) is 51.6 Å². The van der Waals surface area contributed by atoms with Crippen molar-refractivity contribution >= 4 is 33.3 Å². The summed E-state index contributed by atoms with van der Waals surface area (Å²) in [6.45, 7) is 74.2. The van der Waals surface area contributed by atoms with E-state index in [9.17, 15) is 29.7 Å². The molecule has 0 saturated carbocycles. The van der Waals surface area contributed by atoms with Gasteiger partial charge in [0.1, 0.15) is 0 Å². The van der Waals surface area contributed by atoms with E-state index in [2.05, 4.69) is 145 Å². The van der Waals surface area contributed by atoms with Gasteiger partial charge < -0.3 is 28.6 Å². The number of hydrogen-bond donors (Lipinski definition) is 0. The molecule has 0 atom stereocenters. The minimum absolute atomic E-state index is 0. The van der Waals surface area contributed by atoms with Crippen LogP contribution >= 0.6 is 0 Å². The summed E-state index contributed by atoms with van der Waals surface area (Å²) >= 11 is 0. The Morgan fingerprint density at radius 2 is 0.364 bits per heavy atom. The Labute approximate surface area is 753 Å². The van der Waals surface area contributed by atoms with Crippen LogP contribution in [0.25, 0.3) is 67.7 Å². The number of nitrogens with zero attached hydrogens (tertiary/aromatic N) is 7. The predicted molar refractivity (Wildman–Crippen MR) is 490 cm³/mol. The Morgan fingerprint density at radius 1 is 0.215 bits per heavy atom. The second-order valence-corrected chi connectivity index (χ2v) is 43.6. The minimum Gasteiger partial charge on any atom is -0.871 e. The summed E-state index contributed by atoms with van der Waals surface area (Å²) in [5.41, 5.74) is 8.42. The predicted octanol–water partition coefficient (Wildman–Crippen LogP) is 24.0. The summed E-state index contributed by atoms with van der Waals surface area (Å²) in [5, 5.41) is 40.6. The van der Waals surface area contributed by atoms with Gasteiger partial charge >= 0.3 is 40.8 Å². The van der Waals surface area contributed by atoms with E-state index in [1.54, 1.807) is 49.6 Å². The summed E-state index contributed by atoms with van der Waals surface area (Å²) in [5.74, 6) is 0.960. The van der Waals surface area contributed by atoms with Crippen LogP contribution in [-0.2, 0) is 65.0 Å². The maximum atomic E-state index is 13.5. The van der Waals surface area contributed by atoms with Crippen molar-refractivity contribution in [2.24, 2.45) is 0 Å². The molecule has 6 aliphatic rings. The summed E-state index contributed by atoms with van der Waals surface area (Å²) in [6, 6.07) is 34.7. The van der Waals surface area contributed by atoms with Gasteiger partial charge in [-0.25, -0.2) is 15.0 Å². The van der Waals surface area contributed by atoms with E-state index in [1.807, 2.05) is 234 Å². The van der Waals surface area contributed by atoms with Gasteiger partial charge in [-0.2, -0.15) is 0 Å². The Bertz CT molecular complexity index is 5050. The maximum Gasteiger partial charge on any atom is 3.00 e. The fourth-order valence-electron chi connectivity index (χ4n) is 13.6. The fraction of sp³-hybridized carbons (Fsp3) is 0.462. The molecule has 0 bridgehead atoms. The molecule has 16 nitrogen and oxygen atoms in total. The minimum atomic E-state index is -0.355. The first-order valence-corrected chi connectivity index (χ1v) is 41.7. The number of fused-ring (bicyclic) bond motifs is 6. The van der Waals surface area contributed by atoms with Crippen LogP contribution in [0.1, 0.15) is 316 Å². The molecule has 0 fully saturated rings. The fourth-order valence-corrected chi connectivity index (χ4v) is 13.6. The maximum absolute atomic E-state index is 13.5. The summed E-state index contributed by atoms with van der Waals surface area (Å²) in [4.78, 5) is 70.0. The second kappa shape index (κ2) is 37.5. The summed E-state index contributed by atoms with van der Waals surface area (Å²) < 4.78 is 19.5. The molecule has 121 heavy (non-hydrogen) atoms. The van der Waals surface area contributed by atoms with Gasteiger partial charge in [0.2, 0.25) is 16.3 Å². The van der Waals surface area contributed by atoms with Crippen LogP contribution in [0.5, 0.6) is 17.2 Å². The summed E-state index contributed by atoms with van der Waals surface area (Å²) in [6.07, 6.45) is 14.0. The third-order valence-corrected chi connectivity index (χ3v) is 20.5. The monoisotopic (exact) mass is 1770 g/mol.